The summed E-state index contributed by atoms with van der Waals surface area (Å²) in [7, 11) is 0. The minimum absolute atomic E-state index is 0.180. The predicted molar refractivity (Wildman–Crippen MR) is 235 cm³/mol. The number of rotatable bonds is 9. The third-order valence-corrected chi connectivity index (χ3v) is 11.5. The van der Waals surface area contributed by atoms with Gasteiger partial charge in [0.15, 0.2) is 0 Å². The SMILES string of the molecule is C=C/C(=C\C1=Cc2ccccc2C1(C)C)N(c1cccc(C2=CC(C=C)C(C=C)C=C2)c1)c1ccccc1-c1cccc2c1oc1cc3ccccc3cc12. The van der Waals surface area contributed by atoms with Crippen LogP contribution in [0.25, 0.3) is 55.5 Å². The van der Waals surface area contributed by atoms with Crippen LogP contribution in [0.4, 0.5) is 11.4 Å². The molecular formula is C53H43NO. The second-order valence-corrected chi connectivity index (χ2v) is 15.1. The van der Waals surface area contributed by atoms with E-state index in [2.05, 4.69) is 196 Å². The molecule has 1 heterocycles. The first kappa shape index (κ1) is 34.1. The molecule has 2 unspecified atom stereocenters. The van der Waals surface area contributed by atoms with E-state index in [-0.39, 0.29) is 17.3 Å². The van der Waals surface area contributed by atoms with E-state index in [9.17, 15) is 0 Å². The van der Waals surface area contributed by atoms with Gasteiger partial charge in [-0.25, -0.2) is 0 Å². The third kappa shape index (κ3) is 5.82. The van der Waals surface area contributed by atoms with E-state index in [1.54, 1.807) is 0 Å². The molecule has 1 aromatic heterocycles. The Bertz CT molecular complexity index is 2820. The largest absolute Gasteiger partial charge is 0.455 e. The summed E-state index contributed by atoms with van der Waals surface area (Å²) in [5, 5.41) is 4.58. The van der Waals surface area contributed by atoms with E-state index in [1.165, 1.54) is 22.1 Å². The summed E-state index contributed by atoms with van der Waals surface area (Å²) in [5.74, 6) is 0.413. The molecule has 2 aliphatic carbocycles. The summed E-state index contributed by atoms with van der Waals surface area (Å²) in [6, 6.07) is 45.5. The Kier molecular flexibility index (Phi) is 8.47. The molecule has 6 aromatic carbocycles. The topological polar surface area (TPSA) is 16.4 Å². The third-order valence-electron chi connectivity index (χ3n) is 11.5. The van der Waals surface area contributed by atoms with E-state index in [0.717, 1.165) is 66.7 Å². The Morgan fingerprint density at radius 1 is 0.709 bits per heavy atom. The van der Waals surface area contributed by atoms with Gasteiger partial charge in [0, 0.05) is 50.5 Å². The molecule has 0 saturated heterocycles. The fourth-order valence-corrected chi connectivity index (χ4v) is 8.51. The van der Waals surface area contributed by atoms with Crippen molar-refractivity contribution in [1.82, 2.24) is 0 Å². The van der Waals surface area contributed by atoms with Crippen molar-refractivity contribution in [3.8, 4) is 11.1 Å². The van der Waals surface area contributed by atoms with E-state index in [1.807, 2.05) is 18.2 Å². The predicted octanol–water partition coefficient (Wildman–Crippen LogP) is 14.5. The second kappa shape index (κ2) is 13.6. The summed E-state index contributed by atoms with van der Waals surface area (Å²) in [4.78, 5) is 2.35. The summed E-state index contributed by atoms with van der Waals surface area (Å²) in [6.45, 7) is 17.2. The van der Waals surface area contributed by atoms with Crippen LogP contribution in [0.3, 0.4) is 0 Å². The first-order chi connectivity index (χ1) is 26.9. The zero-order valence-corrected chi connectivity index (χ0v) is 31.4. The molecule has 7 aromatic rings. The van der Waals surface area contributed by atoms with Crippen LogP contribution in [0.1, 0.15) is 30.5 Å². The van der Waals surface area contributed by atoms with Crippen molar-refractivity contribution in [1.29, 1.82) is 0 Å². The van der Waals surface area contributed by atoms with Gasteiger partial charge in [-0.05, 0) is 81.1 Å². The van der Waals surface area contributed by atoms with E-state index in [0.29, 0.717) is 0 Å². The number of anilines is 2. The molecule has 2 nitrogen and oxygen atoms in total. The highest BCUT2D eigenvalue weighted by atomic mass is 16.3. The number of fused-ring (bicyclic) bond motifs is 5. The van der Waals surface area contributed by atoms with Gasteiger partial charge in [0.25, 0.3) is 0 Å². The zero-order chi connectivity index (χ0) is 37.7. The average molecular weight is 710 g/mol. The Morgan fingerprint density at radius 2 is 1.44 bits per heavy atom. The van der Waals surface area contributed by atoms with Crippen LogP contribution in [0.2, 0.25) is 0 Å². The summed E-state index contributed by atoms with van der Waals surface area (Å²) >= 11 is 0. The van der Waals surface area contributed by atoms with Crippen molar-refractivity contribution in [3.05, 3.63) is 218 Å². The lowest BCUT2D eigenvalue weighted by molar-refractivity contribution is 0.654. The number of hydrogen-bond acceptors (Lipinski definition) is 2. The molecule has 0 aliphatic heterocycles. The second-order valence-electron chi connectivity index (χ2n) is 15.1. The van der Waals surface area contributed by atoms with Crippen molar-refractivity contribution in [2.45, 2.75) is 19.3 Å². The molecule has 0 bridgehead atoms. The highest BCUT2D eigenvalue weighted by Crippen LogP contribution is 2.46. The van der Waals surface area contributed by atoms with Crippen LogP contribution >= 0.6 is 0 Å². The number of nitrogens with zero attached hydrogens (tertiary/aromatic N) is 1. The normalized spacial score (nSPS) is 17.5. The Hall–Kier alpha value is -6.64. The van der Waals surface area contributed by atoms with Crippen LogP contribution in [0, 0.1) is 11.8 Å². The summed E-state index contributed by atoms with van der Waals surface area (Å²) < 4.78 is 6.79. The van der Waals surface area contributed by atoms with Gasteiger partial charge >= 0.3 is 0 Å². The van der Waals surface area contributed by atoms with Gasteiger partial charge in [0.05, 0.1) is 5.69 Å². The molecule has 0 spiro atoms. The molecular weight excluding hydrogens is 667 g/mol. The fraction of sp³-hybridized carbons (Fsp3) is 0.0943. The molecule has 2 atom stereocenters. The number of furan rings is 1. The van der Waals surface area contributed by atoms with Crippen molar-refractivity contribution < 1.29 is 4.42 Å². The van der Waals surface area contributed by atoms with Crippen LogP contribution in [-0.4, -0.2) is 0 Å². The molecule has 266 valence electrons. The molecule has 9 rings (SSSR count). The molecule has 55 heavy (non-hydrogen) atoms. The van der Waals surface area contributed by atoms with Crippen LogP contribution in [-0.2, 0) is 5.41 Å². The molecule has 2 aliphatic rings. The lowest BCUT2D eigenvalue weighted by Gasteiger charge is -2.31. The maximum atomic E-state index is 6.79. The van der Waals surface area contributed by atoms with Gasteiger partial charge in [-0.2, -0.15) is 0 Å². The highest BCUT2D eigenvalue weighted by Gasteiger charge is 2.32. The summed E-state index contributed by atoms with van der Waals surface area (Å²) in [5.41, 5.74) is 12.8. The van der Waals surface area contributed by atoms with Gasteiger partial charge in [-0.3, -0.25) is 0 Å². The maximum Gasteiger partial charge on any atom is 0.143 e. The molecule has 0 radical (unpaired) electrons. The molecule has 0 amide bonds. The molecule has 2 heteroatoms. The van der Waals surface area contributed by atoms with E-state index < -0.39 is 0 Å². The highest BCUT2D eigenvalue weighted by molar-refractivity contribution is 6.14. The lowest BCUT2D eigenvalue weighted by Crippen LogP contribution is -2.20. The van der Waals surface area contributed by atoms with Crippen LogP contribution in [0.5, 0.6) is 0 Å². The first-order valence-corrected chi connectivity index (χ1v) is 19.0. The minimum Gasteiger partial charge on any atom is -0.455 e. The van der Waals surface area contributed by atoms with Crippen LogP contribution in [0.15, 0.2) is 205 Å². The van der Waals surface area contributed by atoms with Gasteiger partial charge in [0.1, 0.15) is 11.2 Å². The van der Waals surface area contributed by atoms with Crippen molar-refractivity contribution in [2.24, 2.45) is 11.8 Å². The van der Waals surface area contributed by atoms with E-state index in [4.69, 9.17) is 4.42 Å². The number of benzene rings is 6. The maximum absolute atomic E-state index is 6.79. The number of hydrogen-bond donors (Lipinski definition) is 0. The van der Waals surface area contributed by atoms with Crippen molar-refractivity contribution in [3.63, 3.8) is 0 Å². The Balaban J connectivity index is 1.25. The van der Waals surface area contributed by atoms with Gasteiger partial charge in [0.2, 0.25) is 0 Å². The summed E-state index contributed by atoms with van der Waals surface area (Å²) in [6.07, 6.45) is 17.4. The molecule has 0 fully saturated rings. The van der Waals surface area contributed by atoms with E-state index >= 15 is 0 Å². The van der Waals surface area contributed by atoms with Crippen molar-refractivity contribution >= 4 is 55.7 Å². The molecule has 0 N–H and O–H groups in total. The van der Waals surface area contributed by atoms with Crippen LogP contribution < -0.4 is 4.90 Å². The lowest BCUT2D eigenvalue weighted by atomic mass is 9.81. The van der Waals surface area contributed by atoms with Crippen molar-refractivity contribution in [2.75, 3.05) is 4.90 Å². The molecule has 0 saturated carbocycles. The number of para-hydroxylation sites is 2. The fourth-order valence-electron chi connectivity index (χ4n) is 8.51. The Labute approximate surface area is 323 Å². The number of allylic oxidation sites excluding steroid dienone is 9. The van der Waals surface area contributed by atoms with Gasteiger partial charge in [-0.1, -0.05) is 154 Å². The zero-order valence-electron chi connectivity index (χ0n) is 31.4. The average Bonchev–Trinajstić information content (AvgIpc) is 3.72. The standard InChI is InChI=1S/C53H43NO/c1-6-35-27-28-40(29-36(35)7-2)37-20-15-21-44(31-37)54(43(8-3)34-42-30-41-19-11-13-25-49(41)53(42,4)5)50-26-14-12-22-45(50)46-23-16-24-47-48-32-38-17-9-10-18-39(38)33-51(48)55-52(46)47/h6-36H,1-3H2,4-5H3/b43-34+. The van der Waals surface area contributed by atoms with Gasteiger partial charge < -0.3 is 9.32 Å². The quantitative estimate of drug-likeness (QED) is 0.110. The van der Waals surface area contributed by atoms with Gasteiger partial charge in [-0.15, -0.1) is 13.2 Å². The minimum atomic E-state index is -0.180. The smallest absolute Gasteiger partial charge is 0.143 e. The first-order valence-electron chi connectivity index (χ1n) is 19.0. The monoisotopic (exact) mass is 709 g/mol. The Morgan fingerprint density at radius 3 is 2.24 bits per heavy atom.